The predicted octanol–water partition coefficient (Wildman–Crippen LogP) is 2.85. The van der Waals surface area contributed by atoms with Gasteiger partial charge in [0.2, 0.25) is 0 Å². The van der Waals surface area contributed by atoms with Crippen LogP contribution in [-0.2, 0) is 9.59 Å². The van der Waals surface area contributed by atoms with E-state index in [2.05, 4.69) is 23.7 Å². The van der Waals surface area contributed by atoms with E-state index < -0.39 is 17.7 Å². The molecule has 30 heavy (non-hydrogen) atoms. The SMILES string of the molecule is CCN(CC)CCN1C(=O)C(=O)/C(=C(/O)c2ccc(OC)cc2)[C@@H]1c1ccccn1. The Morgan fingerprint density at radius 2 is 1.83 bits per heavy atom. The molecule has 3 rings (SSSR count). The highest BCUT2D eigenvalue weighted by atomic mass is 16.5. The monoisotopic (exact) mass is 409 g/mol. The fraction of sp³-hybridized carbons (Fsp3) is 0.348. The molecule has 158 valence electrons. The normalized spacial score (nSPS) is 18.3. The minimum atomic E-state index is -0.733. The van der Waals surface area contributed by atoms with Crippen LogP contribution in [0.25, 0.3) is 5.76 Å². The van der Waals surface area contributed by atoms with Crippen LogP contribution in [0.3, 0.4) is 0 Å². The average Bonchev–Trinajstić information content (AvgIpc) is 3.05. The van der Waals surface area contributed by atoms with Crippen molar-refractivity contribution in [2.24, 2.45) is 0 Å². The largest absolute Gasteiger partial charge is 0.507 e. The van der Waals surface area contributed by atoms with Crippen molar-refractivity contribution in [3.05, 3.63) is 65.5 Å². The summed E-state index contributed by atoms with van der Waals surface area (Å²) in [7, 11) is 1.55. The number of hydrogen-bond acceptors (Lipinski definition) is 6. The molecule has 0 spiro atoms. The van der Waals surface area contributed by atoms with Crippen molar-refractivity contribution in [3.8, 4) is 5.75 Å². The van der Waals surface area contributed by atoms with Crippen LogP contribution in [-0.4, -0.2) is 64.9 Å². The molecule has 0 radical (unpaired) electrons. The maximum absolute atomic E-state index is 12.9. The number of likely N-dealkylation sites (N-methyl/N-ethyl adjacent to an activating group) is 1. The number of amides is 1. The minimum Gasteiger partial charge on any atom is -0.507 e. The van der Waals surface area contributed by atoms with Gasteiger partial charge in [-0.1, -0.05) is 19.9 Å². The number of nitrogens with zero attached hydrogens (tertiary/aromatic N) is 3. The number of aromatic nitrogens is 1. The maximum atomic E-state index is 12.9. The molecule has 0 bridgehead atoms. The molecule has 1 N–H and O–H groups in total. The Hall–Kier alpha value is -3.19. The van der Waals surface area contributed by atoms with E-state index >= 15 is 0 Å². The molecule has 2 aromatic rings. The molecular formula is C23H27N3O4. The molecule has 1 aliphatic rings. The van der Waals surface area contributed by atoms with E-state index in [4.69, 9.17) is 4.74 Å². The number of Topliss-reactive ketones (excluding diaryl/α,β-unsaturated/α-hetero) is 1. The zero-order valence-corrected chi connectivity index (χ0v) is 17.5. The number of pyridine rings is 1. The van der Waals surface area contributed by atoms with Crippen LogP contribution in [0.1, 0.15) is 31.1 Å². The summed E-state index contributed by atoms with van der Waals surface area (Å²) in [5.74, 6) is -0.893. The first kappa shape index (κ1) is 21.5. The van der Waals surface area contributed by atoms with Crippen molar-refractivity contribution in [3.63, 3.8) is 0 Å². The van der Waals surface area contributed by atoms with Crippen molar-refractivity contribution in [1.29, 1.82) is 0 Å². The summed E-state index contributed by atoms with van der Waals surface area (Å²) >= 11 is 0. The lowest BCUT2D eigenvalue weighted by Gasteiger charge is -2.27. The van der Waals surface area contributed by atoms with Crippen LogP contribution in [0.15, 0.2) is 54.2 Å². The maximum Gasteiger partial charge on any atom is 0.295 e. The number of benzene rings is 1. The molecule has 0 aliphatic carbocycles. The molecule has 0 saturated carbocycles. The Morgan fingerprint density at radius 3 is 2.40 bits per heavy atom. The summed E-state index contributed by atoms with van der Waals surface area (Å²) in [5.41, 5.74) is 1.05. The van der Waals surface area contributed by atoms with Crippen molar-refractivity contribution in [2.45, 2.75) is 19.9 Å². The van der Waals surface area contributed by atoms with E-state index in [0.717, 1.165) is 13.1 Å². The Kier molecular flexibility index (Phi) is 6.84. The van der Waals surface area contributed by atoms with Gasteiger partial charge in [-0.3, -0.25) is 14.6 Å². The van der Waals surface area contributed by atoms with E-state index in [1.54, 1.807) is 55.8 Å². The van der Waals surface area contributed by atoms with Gasteiger partial charge in [0.05, 0.1) is 18.4 Å². The third kappa shape index (κ3) is 4.21. The lowest BCUT2D eigenvalue weighted by Crippen LogP contribution is -2.38. The van der Waals surface area contributed by atoms with Gasteiger partial charge in [-0.05, 0) is 49.5 Å². The second-order valence-corrected chi connectivity index (χ2v) is 7.00. The van der Waals surface area contributed by atoms with Crippen molar-refractivity contribution in [2.75, 3.05) is 33.3 Å². The molecule has 0 unspecified atom stereocenters. The number of hydrogen-bond donors (Lipinski definition) is 1. The molecule has 7 nitrogen and oxygen atoms in total. The fourth-order valence-electron chi connectivity index (χ4n) is 3.65. The van der Waals surface area contributed by atoms with Gasteiger partial charge in [0, 0.05) is 24.8 Å². The lowest BCUT2D eigenvalue weighted by molar-refractivity contribution is -0.140. The zero-order chi connectivity index (χ0) is 21.7. The number of ketones is 1. The summed E-state index contributed by atoms with van der Waals surface area (Å²) in [5, 5.41) is 11.0. The molecular weight excluding hydrogens is 382 g/mol. The third-order valence-electron chi connectivity index (χ3n) is 5.42. The van der Waals surface area contributed by atoms with Crippen molar-refractivity contribution >= 4 is 17.4 Å². The van der Waals surface area contributed by atoms with E-state index in [0.29, 0.717) is 30.1 Å². The molecule has 1 amide bonds. The highest BCUT2D eigenvalue weighted by molar-refractivity contribution is 6.46. The quantitative estimate of drug-likeness (QED) is 0.410. The number of aliphatic hydroxyl groups excluding tert-OH is 1. The third-order valence-corrected chi connectivity index (χ3v) is 5.42. The number of rotatable bonds is 8. The summed E-state index contributed by atoms with van der Waals surface area (Å²) in [6.45, 7) is 6.80. The fourth-order valence-corrected chi connectivity index (χ4v) is 3.65. The highest BCUT2D eigenvalue weighted by Gasteiger charge is 2.46. The average molecular weight is 409 g/mol. The molecule has 1 fully saturated rings. The Morgan fingerprint density at radius 1 is 1.13 bits per heavy atom. The summed E-state index contributed by atoms with van der Waals surface area (Å²) < 4.78 is 5.15. The highest BCUT2D eigenvalue weighted by Crippen LogP contribution is 2.38. The first-order valence-corrected chi connectivity index (χ1v) is 10.1. The van der Waals surface area contributed by atoms with Gasteiger partial charge in [-0.15, -0.1) is 0 Å². The molecule has 2 heterocycles. The van der Waals surface area contributed by atoms with Gasteiger partial charge < -0.3 is 19.6 Å². The summed E-state index contributed by atoms with van der Waals surface area (Å²) in [4.78, 5) is 33.9. The zero-order valence-electron chi connectivity index (χ0n) is 17.5. The second-order valence-electron chi connectivity index (χ2n) is 7.00. The Balaban J connectivity index is 2.05. The van der Waals surface area contributed by atoms with E-state index in [1.165, 1.54) is 4.90 Å². The van der Waals surface area contributed by atoms with Gasteiger partial charge in [0.15, 0.2) is 0 Å². The second kappa shape index (κ2) is 9.54. The van der Waals surface area contributed by atoms with E-state index in [1.807, 2.05) is 0 Å². The van der Waals surface area contributed by atoms with Crippen molar-refractivity contribution in [1.82, 2.24) is 14.8 Å². The number of ether oxygens (including phenoxy) is 1. The van der Waals surface area contributed by atoms with Crippen LogP contribution >= 0.6 is 0 Å². The van der Waals surface area contributed by atoms with Crippen molar-refractivity contribution < 1.29 is 19.4 Å². The number of aliphatic hydroxyl groups is 1. The topological polar surface area (TPSA) is 83.0 Å². The van der Waals surface area contributed by atoms with Gasteiger partial charge in [-0.2, -0.15) is 0 Å². The number of methoxy groups -OCH3 is 1. The lowest BCUT2D eigenvalue weighted by atomic mass is 9.98. The number of carbonyl (C=O) groups excluding carboxylic acids is 2. The van der Waals surface area contributed by atoms with Crippen LogP contribution in [0.2, 0.25) is 0 Å². The van der Waals surface area contributed by atoms with Crippen LogP contribution < -0.4 is 4.74 Å². The molecule has 7 heteroatoms. The molecule has 1 aromatic heterocycles. The van der Waals surface area contributed by atoms with Crippen LogP contribution in [0, 0.1) is 0 Å². The molecule has 1 saturated heterocycles. The van der Waals surface area contributed by atoms with Crippen LogP contribution in [0.4, 0.5) is 0 Å². The molecule has 1 aromatic carbocycles. The summed E-state index contributed by atoms with van der Waals surface area (Å²) in [6.07, 6.45) is 1.62. The predicted molar refractivity (Wildman–Crippen MR) is 114 cm³/mol. The van der Waals surface area contributed by atoms with Gasteiger partial charge in [-0.25, -0.2) is 0 Å². The Labute approximate surface area is 176 Å². The first-order chi connectivity index (χ1) is 14.5. The number of likely N-dealkylation sites (tertiary alicyclic amines) is 1. The smallest absolute Gasteiger partial charge is 0.295 e. The van der Waals surface area contributed by atoms with Crippen LogP contribution in [0.5, 0.6) is 5.75 Å². The summed E-state index contributed by atoms with van der Waals surface area (Å²) in [6, 6.07) is 11.3. The minimum absolute atomic E-state index is 0.0587. The van der Waals surface area contributed by atoms with E-state index in [-0.39, 0.29) is 11.3 Å². The molecule has 1 aliphatic heterocycles. The van der Waals surface area contributed by atoms with E-state index in [9.17, 15) is 14.7 Å². The van der Waals surface area contributed by atoms with Gasteiger partial charge in [0.1, 0.15) is 17.6 Å². The standard InChI is InChI=1S/C23H27N3O4/c1-4-25(5-2)14-15-26-20(18-8-6-7-13-24-18)19(22(28)23(26)29)21(27)16-9-11-17(30-3)12-10-16/h6-13,20,27H,4-5,14-15H2,1-3H3/b21-19+/t20-/m0/s1. The first-order valence-electron chi connectivity index (χ1n) is 10.1. The Bertz CT molecular complexity index is 921. The van der Waals surface area contributed by atoms with Gasteiger partial charge >= 0.3 is 0 Å². The number of carbonyl (C=O) groups is 2. The van der Waals surface area contributed by atoms with Gasteiger partial charge in [0.25, 0.3) is 11.7 Å². The molecule has 1 atom stereocenters.